The SMILES string of the molecule is CCCCCC(O)/C=C/[C@H]1[C@H](O)CC(=O)[C@@H]1CCCSCCC(=O)O. The number of aliphatic carboxylic acids is 1. The largest absolute Gasteiger partial charge is 0.481 e. The molecule has 1 aliphatic carbocycles. The van der Waals surface area contributed by atoms with Gasteiger partial charge in [0.25, 0.3) is 0 Å². The molecule has 1 rings (SSSR count). The number of ketones is 1. The van der Waals surface area contributed by atoms with Gasteiger partial charge in [-0.15, -0.1) is 0 Å². The quantitative estimate of drug-likeness (QED) is 0.340. The molecule has 1 unspecified atom stereocenters. The van der Waals surface area contributed by atoms with Crippen LogP contribution in [0.1, 0.15) is 58.3 Å². The van der Waals surface area contributed by atoms with E-state index >= 15 is 0 Å². The maximum absolute atomic E-state index is 12.1. The Labute approximate surface area is 154 Å². The summed E-state index contributed by atoms with van der Waals surface area (Å²) in [6.07, 6.45) is 8.18. The fraction of sp³-hybridized carbons (Fsp3) is 0.789. The molecule has 1 aliphatic rings. The van der Waals surface area contributed by atoms with E-state index in [1.807, 2.05) is 6.08 Å². The van der Waals surface area contributed by atoms with Gasteiger partial charge < -0.3 is 15.3 Å². The predicted molar refractivity (Wildman–Crippen MR) is 101 cm³/mol. The van der Waals surface area contributed by atoms with Gasteiger partial charge >= 0.3 is 5.97 Å². The van der Waals surface area contributed by atoms with Crippen molar-refractivity contribution >= 4 is 23.5 Å². The lowest BCUT2D eigenvalue weighted by molar-refractivity contribution is -0.136. The lowest BCUT2D eigenvalue weighted by atomic mass is 9.89. The van der Waals surface area contributed by atoms with Crippen LogP contribution in [0.3, 0.4) is 0 Å². The number of carbonyl (C=O) groups is 2. The van der Waals surface area contributed by atoms with E-state index in [9.17, 15) is 19.8 Å². The number of Topliss-reactive ketones (excluding diaryl/α,β-unsaturated/α-hetero) is 1. The molecule has 0 amide bonds. The summed E-state index contributed by atoms with van der Waals surface area (Å²) < 4.78 is 0. The van der Waals surface area contributed by atoms with Gasteiger partial charge in [0.1, 0.15) is 5.78 Å². The normalized spacial score (nSPS) is 24.9. The lowest BCUT2D eigenvalue weighted by Gasteiger charge is -2.18. The summed E-state index contributed by atoms with van der Waals surface area (Å²) >= 11 is 1.58. The van der Waals surface area contributed by atoms with Gasteiger partial charge in [-0.05, 0) is 25.0 Å². The van der Waals surface area contributed by atoms with Crippen LogP contribution in [0, 0.1) is 11.8 Å². The molecule has 4 atom stereocenters. The van der Waals surface area contributed by atoms with Crippen LogP contribution in [0.15, 0.2) is 12.2 Å². The van der Waals surface area contributed by atoms with Crippen LogP contribution in [0.25, 0.3) is 0 Å². The Hall–Kier alpha value is -0.850. The van der Waals surface area contributed by atoms with Crippen molar-refractivity contribution in [2.24, 2.45) is 11.8 Å². The molecular formula is C19H32O5S. The number of hydrogen-bond donors (Lipinski definition) is 3. The molecule has 0 spiro atoms. The highest BCUT2D eigenvalue weighted by molar-refractivity contribution is 7.99. The monoisotopic (exact) mass is 372 g/mol. The summed E-state index contributed by atoms with van der Waals surface area (Å²) in [5.41, 5.74) is 0. The third-order valence-corrected chi connectivity index (χ3v) is 5.73. The number of carboxylic acid groups (broad SMARTS) is 1. The number of hydrogen-bond acceptors (Lipinski definition) is 5. The van der Waals surface area contributed by atoms with Gasteiger partial charge in [-0.2, -0.15) is 11.8 Å². The Balaban J connectivity index is 2.39. The van der Waals surface area contributed by atoms with Crippen molar-refractivity contribution in [3.05, 3.63) is 12.2 Å². The first-order valence-corrected chi connectivity index (χ1v) is 10.5. The molecule has 0 heterocycles. The van der Waals surface area contributed by atoms with Gasteiger partial charge in [-0.1, -0.05) is 38.3 Å². The number of carbonyl (C=O) groups excluding carboxylic acids is 1. The molecule has 6 heteroatoms. The van der Waals surface area contributed by atoms with Crippen molar-refractivity contribution in [1.29, 1.82) is 0 Å². The number of carboxylic acids is 1. The smallest absolute Gasteiger partial charge is 0.304 e. The fourth-order valence-corrected chi connectivity index (χ4v) is 4.11. The van der Waals surface area contributed by atoms with Crippen LogP contribution in [0.5, 0.6) is 0 Å². The third kappa shape index (κ3) is 8.88. The van der Waals surface area contributed by atoms with Crippen molar-refractivity contribution in [1.82, 2.24) is 0 Å². The molecule has 25 heavy (non-hydrogen) atoms. The molecule has 1 saturated carbocycles. The summed E-state index contributed by atoms with van der Waals surface area (Å²) in [6, 6.07) is 0. The van der Waals surface area contributed by atoms with E-state index in [4.69, 9.17) is 5.11 Å². The zero-order valence-electron chi connectivity index (χ0n) is 15.1. The first-order chi connectivity index (χ1) is 12.0. The highest BCUT2D eigenvalue weighted by Gasteiger charge is 2.39. The minimum absolute atomic E-state index is 0.0955. The fourth-order valence-electron chi connectivity index (χ4n) is 3.22. The van der Waals surface area contributed by atoms with Crippen molar-refractivity contribution in [3.63, 3.8) is 0 Å². The maximum Gasteiger partial charge on any atom is 0.304 e. The molecule has 0 aromatic heterocycles. The van der Waals surface area contributed by atoms with E-state index in [1.165, 1.54) is 0 Å². The summed E-state index contributed by atoms with van der Waals surface area (Å²) in [4.78, 5) is 22.6. The molecule has 1 fully saturated rings. The van der Waals surface area contributed by atoms with Crippen LogP contribution >= 0.6 is 11.8 Å². The molecule has 5 nitrogen and oxygen atoms in total. The summed E-state index contributed by atoms with van der Waals surface area (Å²) in [6.45, 7) is 2.12. The molecule has 144 valence electrons. The second kappa shape index (κ2) is 12.5. The number of thioether (sulfide) groups is 1. The van der Waals surface area contributed by atoms with E-state index < -0.39 is 18.2 Å². The molecule has 0 aromatic rings. The Morgan fingerprint density at radius 3 is 2.76 bits per heavy atom. The van der Waals surface area contributed by atoms with Crippen molar-refractivity contribution in [3.8, 4) is 0 Å². The van der Waals surface area contributed by atoms with Crippen LogP contribution in [0.2, 0.25) is 0 Å². The van der Waals surface area contributed by atoms with E-state index in [0.29, 0.717) is 18.6 Å². The number of aliphatic hydroxyl groups is 2. The first-order valence-electron chi connectivity index (χ1n) is 9.32. The molecular weight excluding hydrogens is 340 g/mol. The lowest BCUT2D eigenvalue weighted by Crippen LogP contribution is -2.19. The van der Waals surface area contributed by atoms with Crippen LogP contribution in [-0.2, 0) is 9.59 Å². The van der Waals surface area contributed by atoms with E-state index in [1.54, 1.807) is 17.8 Å². The van der Waals surface area contributed by atoms with Crippen LogP contribution < -0.4 is 0 Å². The Morgan fingerprint density at radius 2 is 2.08 bits per heavy atom. The van der Waals surface area contributed by atoms with Crippen LogP contribution in [-0.4, -0.2) is 50.8 Å². The average Bonchev–Trinajstić information content (AvgIpc) is 2.82. The molecule has 0 aromatic carbocycles. The van der Waals surface area contributed by atoms with Gasteiger partial charge in [-0.25, -0.2) is 0 Å². The minimum atomic E-state index is -0.788. The zero-order chi connectivity index (χ0) is 18.7. The highest BCUT2D eigenvalue weighted by Crippen LogP contribution is 2.34. The predicted octanol–water partition coefficient (Wildman–Crippen LogP) is 3.04. The van der Waals surface area contributed by atoms with E-state index in [-0.39, 0.29) is 30.5 Å². The summed E-state index contributed by atoms with van der Waals surface area (Å²) in [7, 11) is 0. The highest BCUT2D eigenvalue weighted by atomic mass is 32.2. The van der Waals surface area contributed by atoms with Gasteiger partial charge in [-0.3, -0.25) is 9.59 Å². The third-order valence-electron chi connectivity index (χ3n) is 4.66. The van der Waals surface area contributed by atoms with Gasteiger partial charge in [0.2, 0.25) is 0 Å². The maximum atomic E-state index is 12.1. The summed E-state index contributed by atoms with van der Waals surface area (Å²) in [5, 5.41) is 28.7. The zero-order valence-corrected chi connectivity index (χ0v) is 15.9. The molecule has 0 saturated heterocycles. The van der Waals surface area contributed by atoms with E-state index in [2.05, 4.69) is 6.92 Å². The Morgan fingerprint density at radius 1 is 1.32 bits per heavy atom. The molecule has 3 N–H and O–H groups in total. The van der Waals surface area contributed by atoms with Gasteiger partial charge in [0.15, 0.2) is 0 Å². The number of rotatable bonds is 13. The van der Waals surface area contributed by atoms with Gasteiger partial charge in [0.05, 0.1) is 18.6 Å². The first kappa shape index (κ1) is 22.2. The average molecular weight is 373 g/mol. The Kier molecular flexibility index (Phi) is 11.1. The Bertz CT molecular complexity index is 438. The number of aliphatic hydroxyl groups excluding tert-OH is 2. The number of unbranched alkanes of at least 4 members (excludes halogenated alkanes) is 2. The summed E-state index contributed by atoms with van der Waals surface area (Å²) in [5.74, 6) is 0.321. The van der Waals surface area contributed by atoms with Crippen molar-refractivity contribution < 1.29 is 24.9 Å². The second-order valence-corrected chi connectivity index (χ2v) is 7.99. The van der Waals surface area contributed by atoms with Crippen molar-refractivity contribution in [2.75, 3.05) is 11.5 Å². The second-order valence-electron chi connectivity index (χ2n) is 6.77. The molecule has 0 bridgehead atoms. The van der Waals surface area contributed by atoms with Crippen molar-refractivity contribution in [2.45, 2.75) is 70.5 Å². The minimum Gasteiger partial charge on any atom is -0.481 e. The van der Waals surface area contributed by atoms with Gasteiger partial charge in [0, 0.05) is 24.0 Å². The van der Waals surface area contributed by atoms with E-state index in [0.717, 1.165) is 31.4 Å². The molecule has 0 radical (unpaired) electrons. The standard InChI is InChI=1S/C19H32O5S/c1-2-3-4-6-14(20)8-9-16-15(17(21)13-18(16)22)7-5-11-25-12-10-19(23)24/h8-9,14-16,18,20,22H,2-7,10-13H2,1H3,(H,23,24)/b9-8+/t14?,15-,16-,18-/m1/s1. The molecule has 0 aliphatic heterocycles. The van der Waals surface area contributed by atoms with Crippen LogP contribution in [0.4, 0.5) is 0 Å². The topological polar surface area (TPSA) is 94.8 Å².